The molecule has 0 unspecified atom stereocenters. The van der Waals surface area contributed by atoms with E-state index in [1.54, 1.807) is 12.4 Å². The fraction of sp³-hybridized carbons (Fsp3) is 0. The lowest BCUT2D eigenvalue weighted by Crippen LogP contribution is -1.84. The van der Waals surface area contributed by atoms with Gasteiger partial charge >= 0.3 is 0 Å². The van der Waals surface area contributed by atoms with Crippen molar-refractivity contribution in [3.63, 3.8) is 0 Å². The van der Waals surface area contributed by atoms with Crippen molar-refractivity contribution in [1.82, 2.24) is 9.97 Å². The molecule has 0 atom stereocenters. The molecule has 0 bridgehead atoms. The quantitative estimate of drug-likeness (QED) is 0.402. The predicted molar refractivity (Wildman–Crippen MR) is 94.4 cm³/mol. The average molecular weight is 315 g/mol. The van der Waals surface area contributed by atoms with Gasteiger partial charge in [0.15, 0.2) is 0 Å². The van der Waals surface area contributed by atoms with Gasteiger partial charge in [0.2, 0.25) is 0 Å². The van der Waals surface area contributed by atoms with Crippen LogP contribution < -0.4 is 0 Å². The van der Waals surface area contributed by atoms with Crippen LogP contribution >= 0.6 is 11.6 Å². The molecule has 108 valence electrons. The van der Waals surface area contributed by atoms with Gasteiger partial charge in [-0.1, -0.05) is 54.1 Å². The van der Waals surface area contributed by atoms with Gasteiger partial charge in [-0.3, -0.25) is 9.97 Å². The van der Waals surface area contributed by atoms with Crippen LogP contribution in [0.15, 0.2) is 67.0 Å². The topological polar surface area (TPSA) is 25.8 Å². The first-order valence-corrected chi connectivity index (χ1v) is 7.84. The van der Waals surface area contributed by atoms with Crippen LogP contribution in [0.1, 0.15) is 0 Å². The summed E-state index contributed by atoms with van der Waals surface area (Å²) in [6, 6.07) is 18.7. The standard InChI is InChI=1S/C20H11ClN2/c21-13-6-4-12(5-7-13)14-8-9-17-18-15(14)2-1-3-16(18)19-20(17)23-11-10-22-19/h1-11H. The zero-order valence-corrected chi connectivity index (χ0v) is 12.9. The first kappa shape index (κ1) is 12.8. The van der Waals surface area contributed by atoms with Gasteiger partial charge in [-0.2, -0.15) is 0 Å². The smallest absolute Gasteiger partial charge is 0.0971 e. The summed E-state index contributed by atoms with van der Waals surface area (Å²) in [7, 11) is 0. The maximum atomic E-state index is 6.02. The molecule has 2 nitrogen and oxygen atoms in total. The van der Waals surface area contributed by atoms with E-state index in [0.29, 0.717) is 0 Å². The normalized spacial score (nSPS) is 11.7. The molecule has 1 heterocycles. The lowest BCUT2D eigenvalue weighted by Gasteiger charge is -2.09. The third-order valence-electron chi connectivity index (χ3n) is 4.40. The highest BCUT2D eigenvalue weighted by Crippen LogP contribution is 2.47. The van der Waals surface area contributed by atoms with E-state index in [2.05, 4.69) is 52.4 Å². The van der Waals surface area contributed by atoms with Crippen LogP contribution in [-0.2, 0) is 0 Å². The van der Waals surface area contributed by atoms with Crippen LogP contribution in [0.2, 0.25) is 5.02 Å². The number of benzene rings is 3. The molecule has 0 N–H and O–H groups in total. The molecule has 0 aliphatic heterocycles. The van der Waals surface area contributed by atoms with Crippen LogP contribution in [0.4, 0.5) is 0 Å². The highest BCUT2D eigenvalue weighted by Gasteiger charge is 2.24. The minimum Gasteiger partial charge on any atom is -0.252 e. The SMILES string of the molecule is Clc1ccc(-c2ccc3c4c(cccc24)-c2nccnc2-3)cc1. The van der Waals surface area contributed by atoms with E-state index in [0.717, 1.165) is 33.1 Å². The lowest BCUT2D eigenvalue weighted by atomic mass is 9.95. The summed E-state index contributed by atoms with van der Waals surface area (Å²) in [5, 5.41) is 3.21. The van der Waals surface area contributed by atoms with Gasteiger partial charge in [-0.25, -0.2) is 0 Å². The number of aromatic nitrogens is 2. The predicted octanol–water partition coefficient (Wildman–Crippen LogP) is 5.60. The number of hydrogen-bond acceptors (Lipinski definition) is 2. The Morgan fingerprint density at radius 1 is 0.652 bits per heavy atom. The Labute approximate surface area is 138 Å². The molecular formula is C20H11ClN2. The monoisotopic (exact) mass is 314 g/mol. The molecule has 23 heavy (non-hydrogen) atoms. The molecule has 0 saturated heterocycles. The highest BCUT2D eigenvalue weighted by atomic mass is 35.5. The number of nitrogens with zero attached hydrogens (tertiary/aromatic N) is 2. The molecule has 1 aromatic heterocycles. The molecular weight excluding hydrogens is 304 g/mol. The zero-order valence-electron chi connectivity index (χ0n) is 12.1. The van der Waals surface area contributed by atoms with Crippen molar-refractivity contribution in [3.8, 4) is 33.6 Å². The molecule has 3 heteroatoms. The van der Waals surface area contributed by atoms with Crippen molar-refractivity contribution >= 4 is 22.4 Å². The molecule has 1 aliphatic carbocycles. The second-order valence-corrected chi connectivity index (χ2v) is 6.09. The van der Waals surface area contributed by atoms with E-state index in [-0.39, 0.29) is 0 Å². The Hall–Kier alpha value is -2.71. The Morgan fingerprint density at radius 2 is 1.30 bits per heavy atom. The Bertz CT molecular complexity index is 1040. The third kappa shape index (κ3) is 1.76. The van der Waals surface area contributed by atoms with E-state index >= 15 is 0 Å². The number of fused-ring (bicyclic) bond motifs is 3. The van der Waals surface area contributed by atoms with E-state index in [4.69, 9.17) is 11.6 Å². The molecule has 4 aromatic rings. The summed E-state index contributed by atoms with van der Waals surface area (Å²) in [6.45, 7) is 0. The Balaban J connectivity index is 1.87. The van der Waals surface area contributed by atoms with E-state index < -0.39 is 0 Å². The van der Waals surface area contributed by atoms with Crippen molar-refractivity contribution in [2.45, 2.75) is 0 Å². The largest absolute Gasteiger partial charge is 0.252 e. The van der Waals surface area contributed by atoms with Gasteiger partial charge in [-0.05, 0) is 28.6 Å². The summed E-state index contributed by atoms with van der Waals surface area (Å²) in [5.41, 5.74) is 6.64. The summed E-state index contributed by atoms with van der Waals surface area (Å²) >= 11 is 6.02. The molecule has 3 aromatic carbocycles. The van der Waals surface area contributed by atoms with Crippen LogP contribution in [0, 0.1) is 0 Å². The first-order valence-electron chi connectivity index (χ1n) is 7.46. The maximum Gasteiger partial charge on any atom is 0.0971 e. The Kier molecular flexibility index (Phi) is 2.58. The number of rotatable bonds is 1. The zero-order chi connectivity index (χ0) is 15.4. The second kappa shape index (κ2) is 4.64. The van der Waals surface area contributed by atoms with Gasteiger partial charge in [0.25, 0.3) is 0 Å². The molecule has 1 aliphatic rings. The van der Waals surface area contributed by atoms with Crippen LogP contribution in [0.3, 0.4) is 0 Å². The van der Waals surface area contributed by atoms with Crippen molar-refractivity contribution < 1.29 is 0 Å². The summed E-state index contributed by atoms with van der Waals surface area (Å²) in [4.78, 5) is 9.07. The van der Waals surface area contributed by atoms with Crippen molar-refractivity contribution in [3.05, 3.63) is 72.0 Å². The van der Waals surface area contributed by atoms with Crippen molar-refractivity contribution in [2.24, 2.45) is 0 Å². The highest BCUT2D eigenvalue weighted by molar-refractivity contribution is 6.30. The van der Waals surface area contributed by atoms with Crippen LogP contribution in [0.5, 0.6) is 0 Å². The Morgan fingerprint density at radius 3 is 2.04 bits per heavy atom. The molecule has 5 rings (SSSR count). The van der Waals surface area contributed by atoms with Crippen molar-refractivity contribution in [2.75, 3.05) is 0 Å². The van der Waals surface area contributed by atoms with E-state index in [9.17, 15) is 0 Å². The molecule has 0 radical (unpaired) electrons. The maximum absolute atomic E-state index is 6.02. The molecule has 0 spiro atoms. The fourth-order valence-corrected chi connectivity index (χ4v) is 3.54. The van der Waals surface area contributed by atoms with Gasteiger partial charge < -0.3 is 0 Å². The molecule has 0 saturated carbocycles. The minimum atomic E-state index is 0.750. The average Bonchev–Trinajstić information content (AvgIpc) is 2.93. The summed E-state index contributed by atoms with van der Waals surface area (Å²) in [5.74, 6) is 0. The molecule has 0 fully saturated rings. The second-order valence-electron chi connectivity index (χ2n) is 5.65. The number of hydrogen-bond donors (Lipinski definition) is 0. The van der Waals surface area contributed by atoms with Crippen molar-refractivity contribution in [1.29, 1.82) is 0 Å². The lowest BCUT2D eigenvalue weighted by molar-refractivity contribution is 1.23. The summed E-state index contributed by atoms with van der Waals surface area (Å²) in [6.07, 6.45) is 3.51. The van der Waals surface area contributed by atoms with Gasteiger partial charge in [0.1, 0.15) is 0 Å². The van der Waals surface area contributed by atoms with E-state index in [1.165, 1.54) is 16.3 Å². The van der Waals surface area contributed by atoms with Crippen LogP contribution in [0.25, 0.3) is 44.4 Å². The molecule has 0 amide bonds. The van der Waals surface area contributed by atoms with Gasteiger partial charge in [0, 0.05) is 33.9 Å². The fourth-order valence-electron chi connectivity index (χ4n) is 3.41. The van der Waals surface area contributed by atoms with Gasteiger partial charge in [-0.15, -0.1) is 0 Å². The minimum absolute atomic E-state index is 0.750. The van der Waals surface area contributed by atoms with Crippen LogP contribution in [-0.4, -0.2) is 9.97 Å². The number of halogens is 1. The summed E-state index contributed by atoms with van der Waals surface area (Å²) < 4.78 is 0. The third-order valence-corrected chi connectivity index (χ3v) is 4.66. The van der Waals surface area contributed by atoms with Gasteiger partial charge in [0.05, 0.1) is 11.4 Å². The van der Waals surface area contributed by atoms with E-state index in [1.807, 2.05) is 12.1 Å². The first-order chi connectivity index (χ1) is 11.3.